The Hall–Kier alpha value is -1.51. The van der Waals surface area contributed by atoms with Crippen molar-refractivity contribution in [3.05, 3.63) is 24.3 Å². The van der Waals surface area contributed by atoms with Crippen molar-refractivity contribution in [2.24, 2.45) is 0 Å². The first kappa shape index (κ1) is 11.6. The molecule has 0 aliphatic carbocycles. The number of benzene rings is 1. The number of hydrogen-bond acceptors (Lipinski definition) is 2. The number of anilines is 2. The Morgan fingerprint density at radius 1 is 1.20 bits per heavy atom. The average Bonchev–Trinajstić information content (AvgIpc) is 2.20. The van der Waals surface area contributed by atoms with Crippen LogP contribution < -0.4 is 10.6 Å². The number of hydrogen-bond donors (Lipinski definition) is 2. The molecule has 0 spiro atoms. The highest BCUT2D eigenvalue weighted by Crippen LogP contribution is 2.14. The predicted molar refractivity (Wildman–Crippen MR) is 64.1 cm³/mol. The van der Waals surface area contributed by atoms with Crippen LogP contribution in [0.5, 0.6) is 0 Å². The first-order valence-electron chi connectivity index (χ1n) is 5.28. The van der Waals surface area contributed by atoms with Gasteiger partial charge in [0.15, 0.2) is 0 Å². The maximum atomic E-state index is 11.1. The molecule has 0 saturated heterocycles. The van der Waals surface area contributed by atoms with Crippen LogP contribution in [0, 0.1) is 0 Å². The third-order valence-electron chi connectivity index (χ3n) is 1.95. The molecule has 1 amide bonds. The van der Waals surface area contributed by atoms with Crippen molar-refractivity contribution in [2.45, 2.75) is 33.2 Å². The summed E-state index contributed by atoms with van der Waals surface area (Å²) >= 11 is 0. The minimum absolute atomic E-state index is 0.0413. The third kappa shape index (κ3) is 4.02. The van der Waals surface area contributed by atoms with Gasteiger partial charge in [-0.3, -0.25) is 4.79 Å². The van der Waals surface area contributed by atoms with E-state index in [1.165, 1.54) is 0 Å². The van der Waals surface area contributed by atoms with Crippen molar-refractivity contribution in [1.82, 2.24) is 0 Å². The predicted octanol–water partition coefficient (Wildman–Crippen LogP) is 2.86. The molecule has 0 atom stereocenters. The summed E-state index contributed by atoms with van der Waals surface area (Å²) in [7, 11) is 0. The minimum atomic E-state index is 0.0413. The van der Waals surface area contributed by atoms with Gasteiger partial charge in [-0.15, -0.1) is 0 Å². The molecule has 0 unspecified atom stereocenters. The normalized spacial score (nSPS) is 10.1. The van der Waals surface area contributed by atoms with Gasteiger partial charge in [-0.2, -0.15) is 0 Å². The Balaban J connectivity index is 2.60. The number of nitrogens with one attached hydrogen (secondary N) is 2. The smallest absolute Gasteiger partial charge is 0.224 e. The molecule has 0 aliphatic rings. The van der Waals surface area contributed by atoms with E-state index in [9.17, 15) is 4.79 Å². The van der Waals surface area contributed by atoms with Gasteiger partial charge in [-0.1, -0.05) is 6.92 Å². The Morgan fingerprint density at radius 2 is 1.73 bits per heavy atom. The number of amides is 1. The van der Waals surface area contributed by atoms with Crippen molar-refractivity contribution in [2.75, 3.05) is 10.6 Å². The van der Waals surface area contributed by atoms with Crippen molar-refractivity contribution in [3.8, 4) is 0 Å². The summed E-state index contributed by atoms with van der Waals surface area (Å²) in [5.74, 6) is 0.0413. The summed E-state index contributed by atoms with van der Waals surface area (Å²) in [6, 6.07) is 8.15. The zero-order chi connectivity index (χ0) is 11.3. The van der Waals surface area contributed by atoms with Gasteiger partial charge in [0.1, 0.15) is 0 Å². The lowest BCUT2D eigenvalue weighted by Crippen LogP contribution is -2.11. The average molecular weight is 206 g/mol. The Morgan fingerprint density at radius 3 is 2.20 bits per heavy atom. The van der Waals surface area contributed by atoms with Crippen molar-refractivity contribution < 1.29 is 4.79 Å². The van der Waals surface area contributed by atoms with Gasteiger partial charge in [-0.05, 0) is 38.1 Å². The highest BCUT2D eigenvalue weighted by molar-refractivity contribution is 5.90. The van der Waals surface area contributed by atoms with Gasteiger partial charge < -0.3 is 10.6 Å². The fourth-order valence-corrected chi connectivity index (χ4v) is 1.23. The molecule has 0 aliphatic heterocycles. The first-order chi connectivity index (χ1) is 7.11. The molecule has 0 fully saturated rings. The maximum Gasteiger partial charge on any atom is 0.224 e. The number of carbonyl (C=O) groups is 1. The summed E-state index contributed by atoms with van der Waals surface area (Å²) in [5, 5.41) is 6.09. The number of carbonyl (C=O) groups excluding carboxylic acids is 1. The zero-order valence-electron chi connectivity index (χ0n) is 9.50. The topological polar surface area (TPSA) is 41.1 Å². The lowest BCUT2D eigenvalue weighted by Gasteiger charge is -2.10. The second kappa shape index (κ2) is 5.39. The maximum absolute atomic E-state index is 11.1. The molecule has 0 radical (unpaired) electrons. The van der Waals surface area contributed by atoms with E-state index in [1.54, 1.807) is 0 Å². The van der Waals surface area contributed by atoms with Gasteiger partial charge in [0.25, 0.3) is 0 Å². The summed E-state index contributed by atoms with van der Waals surface area (Å²) in [5.41, 5.74) is 1.91. The van der Waals surface area contributed by atoms with Gasteiger partial charge >= 0.3 is 0 Å². The quantitative estimate of drug-likeness (QED) is 0.795. The van der Waals surface area contributed by atoms with Crippen molar-refractivity contribution in [3.63, 3.8) is 0 Å². The minimum Gasteiger partial charge on any atom is -0.383 e. The molecule has 3 heteroatoms. The molecular weight excluding hydrogens is 188 g/mol. The SMILES string of the molecule is CCC(=O)Nc1ccc(NC(C)C)cc1. The third-order valence-corrected chi connectivity index (χ3v) is 1.95. The van der Waals surface area contributed by atoms with Crippen LogP contribution in [0.15, 0.2) is 24.3 Å². The highest BCUT2D eigenvalue weighted by Gasteiger charge is 1.99. The van der Waals surface area contributed by atoms with Gasteiger partial charge in [-0.25, -0.2) is 0 Å². The molecule has 0 heterocycles. The Kier molecular flexibility index (Phi) is 4.16. The summed E-state index contributed by atoms with van der Waals surface area (Å²) < 4.78 is 0. The lowest BCUT2D eigenvalue weighted by molar-refractivity contribution is -0.115. The van der Waals surface area contributed by atoms with Crippen LogP contribution in [0.25, 0.3) is 0 Å². The largest absolute Gasteiger partial charge is 0.383 e. The Labute approximate surface area is 90.9 Å². The highest BCUT2D eigenvalue weighted by atomic mass is 16.1. The van der Waals surface area contributed by atoms with E-state index in [1.807, 2.05) is 31.2 Å². The van der Waals surface area contributed by atoms with Gasteiger partial charge in [0.2, 0.25) is 5.91 Å². The molecular formula is C12H18N2O. The fraction of sp³-hybridized carbons (Fsp3) is 0.417. The van der Waals surface area contributed by atoms with Crippen molar-refractivity contribution >= 4 is 17.3 Å². The fourth-order valence-electron chi connectivity index (χ4n) is 1.23. The molecule has 1 aromatic rings. The summed E-state index contributed by atoms with van der Waals surface area (Å²) in [4.78, 5) is 11.1. The van der Waals surface area contributed by atoms with Crippen LogP contribution in [0.1, 0.15) is 27.2 Å². The molecule has 0 saturated carbocycles. The monoisotopic (exact) mass is 206 g/mol. The van der Waals surface area contributed by atoms with Gasteiger partial charge in [0, 0.05) is 23.8 Å². The van der Waals surface area contributed by atoms with E-state index in [0.717, 1.165) is 11.4 Å². The Bertz CT molecular complexity index is 317. The van der Waals surface area contributed by atoms with Crippen LogP contribution >= 0.6 is 0 Å². The van der Waals surface area contributed by atoms with Crippen LogP contribution in [0.2, 0.25) is 0 Å². The molecule has 1 rings (SSSR count). The molecule has 15 heavy (non-hydrogen) atoms. The molecule has 0 bridgehead atoms. The van der Waals surface area contributed by atoms with Crippen LogP contribution in [0.4, 0.5) is 11.4 Å². The molecule has 2 N–H and O–H groups in total. The standard InChI is InChI=1S/C12H18N2O/c1-4-12(15)14-11-7-5-10(6-8-11)13-9(2)3/h5-9,13H,4H2,1-3H3,(H,14,15). The lowest BCUT2D eigenvalue weighted by atomic mass is 10.2. The summed E-state index contributed by atoms with van der Waals surface area (Å²) in [6.07, 6.45) is 0.506. The van der Waals surface area contributed by atoms with Crippen LogP contribution in [0.3, 0.4) is 0 Å². The van der Waals surface area contributed by atoms with E-state index in [4.69, 9.17) is 0 Å². The second-order valence-electron chi connectivity index (χ2n) is 3.78. The van der Waals surface area contributed by atoms with Gasteiger partial charge in [0.05, 0.1) is 0 Å². The van der Waals surface area contributed by atoms with E-state index in [-0.39, 0.29) is 5.91 Å². The van der Waals surface area contributed by atoms with E-state index in [0.29, 0.717) is 12.5 Å². The van der Waals surface area contributed by atoms with E-state index >= 15 is 0 Å². The second-order valence-corrected chi connectivity index (χ2v) is 3.78. The molecule has 0 aromatic heterocycles. The number of rotatable bonds is 4. The van der Waals surface area contributed by atoms with E-state index in [2.05, 4.69) is 24.5 Å². The van der Waals surface area contributed by atoms with Crippen LogP contribution in [-0.4, -0.2) is 11.9 Å². The first-order valence-corrected chi connectivity index (χ1v) is 5.28. The van der Waals surface area contributed by atoms with E-state index < -0.39 is 0 Å². The summed E-state index contributed by atoms with van der Waals surface area (Å²) in [6.45, 7) is 6.02. The molecule has 82 valence electrons. The zero-order valence-corrected chi connectivity index (χ0v) is 9.50. The van der Waals surface area contributed by atoms with Crippen LogP contribution in [-0.2, 0) is 4.79 Å². The molecule has 1 aromatic carbocycles. The van der Waals surface area contributed by atoms with Crippen molar-refractivity contribution in [1.29, 1.82) is 0 Å². The molecule has 3 nitrogen and oxygen atoms in total.